The number of hydrogen-bond acceptors (Lipinski definition) is 5. The highest BCUT2D eigenvalue weighted by Gasteiger charge is 2.40. The van der Waals surface area contributed by atoms with Crippen molar-refractivity contribution >= 4 is 27.6 Å². The lowest BCUT2D eigenvalue weighted by atomic mass is 10.1. The largest absolute Gasteiger partial charge is 0.337 e. The highest BCUT2D eigenvalue weighted by molar-refractivity contribution is 7.91. The van der Waals surface area contributed by atoms with Gasteiger partial charge in [0.2, 0.25) is 5.91 Å². The molecule has 140 valence electrons. The average molecular weight is 378 g/mol. The molecule has 2 aliphatic heterocycles. The molecule has 0 N–H and O–H groups in total. The molecule has 1 saturated heterocycles. The van der Waals surface area contributed by atoms with Crippen LogP contribution in [0.3, 0.4) is 0 Å². The first kappa shape index (κ1) is 18.6. The lowest BCUT2D eigenvalue weighted by Gasteiger charge is -2.31. The molecular weight excluding hydrogens is 356 g/mol. The number of sulfone groups is 1. The zero-order chi connectivity index (χ0) is 19.1. The molecule has 0 radical (unpaired) electrons. The Kier molecular flexibility index (Phi) is 4.88. The monoisotopic (exact) mass is 378 g/mol. The van der Waals surface area contributed by atoms with E-state index >= 15 is 0 Å². The molecule has 8 heteroatoms. The van der Waals surface area contributed by atoms with Crippen LogP contribution < -0.4 is 0 Å². The first-order valence-corrected chi connectivity index (χ1v) is 10.5. The van der Waals surface area contributed by atoms with Gasteiger partial charge in [-0.25, -0.2) is 8.42 Å². The van der Waals surface area contributed by atoms with E-state index in [1.807, 2.05) is 13.8 Å². The van der Waals surface area contributed by atoms with E-state index in [4.69, 9.17) is 0 Å². The Bertz CT molecular complexity index is 827. The van der Waals surface area contributed by atoms with Gasteiger partial charge in [-0.15, -0.1) is 0 Å². The number of imide groups is 1. The highest BCUT2D eigenvalue weighted by Crippen LogP contribution is 2.24. The Labute approximate surface area is 152 Å². The quantitative estimate of drug-likeness (QED) is 0.712. The average Bonchev–Trinajstić information content (AvgIpc) is 3.05. The van der Waals surface area contributed by atoms with E-state index in [1.54, 1.807) is 24.3 Å². The van der Waals surface area contributed by atoms with E-state index in [0.29, 0.717) is 24.1 Å². The summed E-state index contributed by atoms with van der Waals surface area (Å²) in [6.45, 7) is 3.90. The number of amides is 3. The zero-order valence-corrected chi connectivity index (χ0v) is 15.7. The fraction of sp³-hybridized carbons (Fsp3) is 0.500. The van der Waals surface area contributed by atoms with E-state index in [1.165, 1.54) is 4.90 Å². The third-order valence-electron chi connectivity index (χ3n) is 4.70. The number of benzene rings is 1. The molecule has 0 bridgehead atoms. The summed E-state index contributed by atoms with van der Waals surface area (Å²) in [4.78, 5) is 40.2. The van der Waals surface area contributed by atoms with Crippen molar-refractivity contribution in [1.29, 1.82) is 0 Å². The van der Waals surface area contributed by atoms with Gasteiger partial charge >= 0.3 is 0 Å². The van der Waals surface area contributed by atoms with Crippen molar-refractivity contribution in [3.63, 3.8) is 0 Å². The molecule has 2 heterocycles. The fourth-order valence-electron chi connectivity index (χ4n) is 3.48. The second kappa shape index (κ2) is 6.83. The normalized spacial score (nSPS) is 21.3. The third-order valence-corrected chi connectivity index (χ3v) is 6.45. The Hall–Kier alpha value is -2.22. The van der Waals surface area contributed by atoms with Gasteiger partial charge in [0.15, 0.2) is 9.84 Å². The second-order valence-corrected chi connectivity index (χ2v) is 9.47. The van der Waals surface area contributed by atoms with Crippen molar-refractivity contribution in [2.75, 3.05) is 24.6 Å². The van der Waals surface area contributed by atoms with Gasteiger partial charge < -0.3 is 4.90 Å². The Morgan fingerprint density at radius 3 is 2.23 bits per heavy atom. The summed E-state index contributed by atoms with van der Waals surface area (Å²) in [5, 5.41) is 0. The van der Waals surface area contributed by atoms with Crippen molar-refractivity contribution in [3.05, 3.63) is 35.4 Å². The molecular formula is C18H22N2O5S. The maximum absolute atomic E-state index is 12.9. The molecule has 0 aliphatic carbocycles. The Balaban J connectivity index is 1.78. The van der Waals surface area contributed by atoms with Crippen molar-refractivity contribution in [2.45, 2.75) is 26.3 Å². The number of hydrogen-bond donors (Lipinski definition) is 0. The molecule has 7 nitrogen and oxygen atoms in total. The van der Waals surface area contributed by atoms with Crippen molar-refractivity contribution in [1.82, 2.24) is 9.80 Å². The number of carbonyl (C=O) groups is 3. The van der Waals surface area contributed by atoms with Crippen molar-refractivity contribution < 1.29 is 22.8 Å². The molecule has 1 aromatic rings. The summed E-state index contributed by atoms with van der Waals surface area (Å²) in [6, 6.07) is 6.07. The molecule has 2 aliphatic rings. The topological polar surface area (TPSA) is 91.8 Å². The number of rotatable bonds is 5. The molecule has 0 unspecified atom stereocenters. The number of nitrogens with zero attached hydrogens (tertiary/aromatic N) is 2. The second-order valence-electron chi connectivity index (χ2n) is 7.24. The fourth-order valence-corrected chi connectivity index (χ4v) is 5.21. The van der Waals surface area contributed by atoms with Gasteiger partial charge in [0.25, 0.3) is 11.8 Å². The van der Waals surface area contributed by atoms with E-state index in [-0.39, 0.29) is 24.0 Å². The minimum Gasteiger partial charge on any atom is -0.337 e. The van der Waals surface area contributed by atoms with Crippen LogP contribution in [0, 0.1) is 5.92 Å². The molecule has 3 rings (SSSR count). The number of fused-ring (bicyclic) bond motifs is 1. The van der Waals surface area contributed by atoms with Crippen LogP contribution in [0.2, 0.25) is 0 Å². The molecule has 3 amide bonds. The summed E-state index contributed by atoms with van der Waals surface area (Å²) in [5.41, 5.74) is 0.591. The Morgan fingerprint density at radius 1 is 1.19 bits per heavy atom. The highest BCUT2D eigenvalue weighted by atomic mass is 32.2. The Morgan fingerprint density at radius 2 is 1.77 bits per heavy atom. The van der Waals surface area contributed by atoms with Crippen molar-refractivity contribution in [3.8, 4) is 0 Å². The first-order valence-electron chi connectivity index (χ1n) is 8.64. The van der Waals surface area contributed by atoms with E-state index in [9.17, 15) is 22.8 Å². The van der Waals surface area contributed by atoms with E-state index < -0.39 is 33.6 Å². The van der Waals surface area contributed by atoms with Crippen LogP contribution in [-0.2, 0) is 14.6 Å². The van der Waals surface area contributed by atoms with Gasteiger partial charge in [0.1, 0.15) is 6.54 Å². The summed E-state index contributed by atoms with van der Waals surface area (Å²) < 4.78 is 23.6. The zero-order valence-electron chi connectivity index (χ0n) is 14.8. The standard InChI is InChI=1S/C18H22N2O5S/c1-12(2)9-19(13-7-8-26(24,25)11-13)16(21)10-20-17(22)14-5-3-4-6-15(14)18(20)23/h3-6,12-13H,7-11H2,1-2H3/t13-/m1/s1. The molecule has 0 spiro atoms. The molecule has 0 saturated carbocycles. The van der Waals surface area contributed by atoms with Crippen LogP contribution in [0.1, 0.15) is 41.0 Å². The van der Waals surface area contributed by atoms with Gasteiger partial charge in [-0.1, -0.05) is 26.0 Å². The summed E-state index contributed by atoms with van der Waals surface area (Å²) >= 11 is 0. The molecule has 26 heavy (non-hydrogen) atoms. The van der Waals surface area contributed by atoms with Crippen LogP contribution >= 0.6 is 0 Å². The van der Waals surface area contributed by atoms with Crippen LogP contribution in [0.25, 0.3) is 0 Å². The predicted octanol–water partition coefficient (Wildman–Crippen LogP) is 0.954. The molecule has 1 fully saturated rings. The number of carbonyl (C=O) groups excluding carboxylic acids is 3. The summed E-state index contributed by atoms with van der Waals surface area (Å²) in [6.07, 6.45) is 0.392. The molecule has 0 aromatic heterocycles. The van der Waals surface area contributed by atoms with Gasteiger partial charge in [-0.3, -0.25) is 19.3 Å². The smallest absolute Gasteiger partial charge is 0.262 e. The van der Waals surface area contributed by atoms with Gasteiger partial charge in [-0.05, 0) is 24.5 Å². The maximum Gasteiger partial charge on any atom is 0.262 e. The molecule has 1 atom stereocenters. The first-order chi connectivity index (χ1) is 12.2. The molecule has 1 aromatic carbocycles. The SMILES string of the molecule is CC(C)CN(C(=O)CN1C(=O)c2ccccc2C1=O)[C@@H]1CCS(=O)(=O)C1. The summed E-state index contributed by atoms with van der Waals surface area (Å²) in [7, 11) is -3.14. The van der Waals surface area contributed by atoms with Gasteiger partial charge in [-0.2, -0.15) is 0 Å². The maximum atomic E-state index is 12.9. The van der Waals surface area contributed by atoms with Crippen molar-refractivity contribution in [2.24, 2.45) is 5.92 Å². The third kappa shape index (κ3) is 3.51. The lowest BCUT2D eigenvalue weighted by Crippen LogP contribution is -2.48. The van der Waals surface area contributed by atoms with Gasteiger partial charge in [0, 0.05) is 12.6 Å². The minimum absolute atomic E-state index is 0.0619. The van der Waals surface area contributed by atoms with Crippen LogP contribution in [0.15, 0.2) is 24.3 Å². The van der Waals surface area contributed by atoms with Crippen LogP contribution in [0.5, 0.6) is 0 Å². The summed E-state index contributed by atoms with van der Waals surface area (Å²) in [5.74, 6) is -1.22. The van der Waals surface area contributed by atoms with E-state index in [2.05, 4.69) is 0 Å². The van der Waals surface area contributed by atoms with E-state index in [0.717, 1.165) is 4.90 Å². The van der Waals surface area contributed by atoms with Gasteiger partial charge in [0.05, 0.1) is 22.6 Å². The predicted molar refractivity (Wildman–Crippen MR) is 95.4 cm³/mol. The lowest BCUT2D eigenvalue weighted by molar-refractivity contribution is -0.134. The minimum atomic E-state index is -3.14. The van der Waals surface area contributed by atoms with Crippen LogP contribution in [-0.4, -0.2) is 66.6 Å². The van der Waals surface area contributed by atoms with Crippen LogP contribution in [0.4, 0.5) is 0 Å².